The first-order valence-electron chi connectivity index (χ1n) is 5.90. The molecule has 0 saturated heterocycles. The van der Waals surface area contributed by atoms with Crippen LogP contribution < -0.4 is 5.32 Å². The van der Waals surface area contributed by atoms with Gasteiger partial charge in [0.2, 0.25) is 0 Å². The van der Waals surface area contributed by atoms with E-state index in [2.05, 4.69) is 35.8 Å². The van der Waals surface area contributed by atoms with Crippen LogP contribution in [-0.2, 0) is 0 Å². The average molecular weight is 256 g/mol. The second-order valence-corrected chi connectivity index (χ2v) is 6.75. The van der Waals surface area contributed by atoms with Gasteiger partial charge in [-0.3, -0.25) is 0 Å². The van der Waals surface area contributed by atoms with Gasteiger partial charge in [-0.25, -0.2) is 4.98 Å². The molecule has 0 aliphatic heterocycles. The summed E-state index contributed by atoms with van der Waals surface area (Å²) < 4.78 is 0. The standard InChI is InChI=1S/C12H20N2S2/c1-8(12-7-16-9(2)14-12)13-10-4-5-11(6-10)15-3/h7-8,10-11,13H,4-6H2,1-3H3. The zero-order chi connectivity index (χ0) is 11.5. The Balaban J connectivity index is 1.86. The Morgan fingerprint density at radius 2 is 2.38 bits per heavy atom. The Hall–Kier alpha value is -0.0600. The number of rotatable bonds is 4. The number of hydrogen-bond acceptors (Lipinski definition) is 4. The summed E-state index contributed by atoms with van der Waals surface area (Å²) in [4.78, 5) is 4.54. The highest BCUT2D eigenvalue weighted by molar-refractivity contribution is 7.99. The number of aryl methyl sites for hydroxylation is 1. The van der Waals surface area contributed by atoms with Gasteiger partial charge in [0, 0.05) is 22.7 Å². The number of hydrogen-bond donors (Lipinski definition) is 1. The van der Waals surface area contributed by atoms with E-state index < -0.39 is 0 Å². The minimum atomic E-state index is 0.399. The van der Waals surface area contributed by atoms with Crippen molar-refractivity contribution in [3.63, 3.8) is 0 Å². The van der Waals surface area contributed by atoms with Crippen LogP contribution in [0.2, 0.25) is 0 Å². The van der Waals surface area contributed by atoms with E-state index in [9.17, 15) is 0 Å². The van der Waals surface area contributed by atoms with Crippen molar-refractivity contribution in [1.29, 1.82) is 0 Å². The van der Waals surface area contributed by atoms with E-state index in [1.54, 1.807) is 11.3 Å². The predicted molar refractivity (Wildman–Crippen MR) is 73.3 cm³/mol. The van der Waals surface area contributed by atoms with Crippen LogP contribution in [0.4, 0.5) is 0 Å². The SMILES string of the molecule is CSC1CCC(NC(C)c2csc(C)n2)C1. The first-order chi connectivity index (χ1) is 7.69. The van der Waals surface area contributed by atoms with Crippen molar-refractivity contribution in [2.24, 2.45) is 0 Å². The fourth-order valence-electron chi connectivity index (χ4n) is 2.32. The van der Waals surface area contributed by atoms with Crippen molar-refractivity contribution in [1.82, 2.24) is 10.3 Å². The van der Waals surface area contributed by atoms with Gasteiger partial charge >= 0.3 is 0 Å². The third-order valence-corrected chi connectivity index (χ3v) is 5.17. The van der Waals surface area contributed by atoms with Crippen LogP contribution in [-0.4, -0.2) is 22.5 Å². The molecule has 1 aromatic rings. The van der Waals surface area contributed by atoms with Crippen molar-refractivity contribution in [2.45, 2.75) is 50.4 Å². The normalized spacial score (nSPS) is 27.2. The van der Waals surface area contributed by atoms with E-state index in [0.29, 0.717) is 12.1 Å². The van der Waals surface area contributed by atoms with E-state index >= 15 is 0 Å². The van der Waals surface area contributed by atoms with Crippen LogP contribution in [0.3, 0.4) is 0 Å². The predicted octanol–water partition coefficient (Wildman–Crippen LogP) is 3.39. The summed E-state index contributed by atoms with van der Waals surface area (Å²) in [6.07, 6.45) is 6.22. The molecule has 0 amide bonds. The maximum atomic E-state index is 4.54. The summed E-state index contributed by atoms with van der Waals surface area (Å²) in [7, 11) is 0. The molecule has 0 bridgehead atoms. The maximum Gasteiger partial charge on any atom is 0.0898 e. The van der Waals surface area contributed by atoms with Gasteiger partial charge in [-0.15, -0.1) is 11.3 Å². The van der Waals surface area contributed by atoms with Gasteiger partial charge in [0.1, 0.15) is 0 Å². The lowest BCUT2D eigenvalue weighted by molar-refractivity contribution is 0.456. The number of aromatic nitrogens is 1. The van der Waals surface area contributed by atoms with Crippen molar-refractivity contribution in [3.8, 4) is 0 Å². The molecule has 0 radical (unpaired) electrons. The Morgan fingerprint density at radius 1 is 1.56 bits per heavy atom. The van der Waals surface area contributed by atoms with Gasteiger partial charge in [-0.2, -0.15) is 11.8 Å². The molecule has 3 unspecified atom stereocenters. The van der Waals surface area contributed by atoms with Crippen molar-refractivity contribution in [3.05, 3.63) is 16.1 Å². The lowest BCUT2D eigenvalue weighted by atomic mass is 10.2. The maximum absolute atomic E-state index is 4.54. The first kappa shape index (κ1) is 12.4. The first-order valence-corrected chi connectivity index (χ1v) is 8.06. The molecular weight excluding hydrogens is 236 g/mol. The number of nitrogens with one attached hydrogen (secondary N) is 1. The Kier molecular flexibility index (Phi) is 4.27. The molecule has 1 heterocycles. The monoisotopic (exact) mass is 256 g/mol. The van der Waals surface area contributed by atoms with Crippen LogP contribution in [0.25, 0.3) is 0 Å². The lowest BCUT2D eigenvalue weighted by Gasteiger charge is -2.18. The molecule has 1 N–H and O–H groups in total. The Bertz CT molecular complexity index is 338. The van der Waals surface area contributed by atoms with Crippen molar-refractivity contribution >= 4 is 23.1 Å². The number of thiazole rings is 1. The largest absolute Gasteiger partial charge is 0.306 e. The summed E-state index contributed by atoms with van der Waals surface area (Å²) in [5.74, 6) is 0. The molecule has 90 valence electrons. The molecular formula is C12H20N2S2. The van der Waals surface area contributed by atoms with Crippen LogP contribution in [0, 0.1) is 6.92 Å². The topological polar surface area (TPSA) is 24.9 Å². The molecule has 2 rings (SSSR count). The van der Waals surface area contributed by atoms with E-state index in [4.69, 9.17) is 0 Å². The van der Waals surface area contributed by atoms with Crippen molar-refractivity contribution in [2.75, 3.05) is 6.26 Å². The van der Waals surface area contributed by atoms with Gasteiger partial charge in [0.15, 0.2) is 0 Å². The molecule has 1 aliphatic rings. The minimum Gasteiger partial charge on any atom is -0.306 e. The smallest absolute Gasteiger partial charge is 0.0898 e. The van der Waals surface area contributed by atoms with Crippen LogP contribution in [0.1, 0.15) is 42.9 Å². The molecule has 0 spiro atoms. The zero-order valence-electron chi connectivity index (χ0n) is 10.2. The summed E-state index contributed by atoms with van der Waals surface area (Å²) in [6.45, 7) is 4.29. The second kappa shape index (κ2) is 5.52. The van der Waals surface area contributed by atoms with Gasteiger partial charge in [-0.1, -0.05) is 0 Å². The molecule has 1 aromatic heterocycles. The lowest BCUT2D eigenvalue weighted by Crippen LogP contribution is -2.29. The number of thioether (sulfide) groups is 1. The molecule has 0 aromatic carbocycles. The third kappa shape index (κ3) is 2.99. The van der Waals surface area contributed by atoms with Gasteiger partial charge in [0.25, 0.3) is 0 Å². The van der Waals surface area contributed by atoms with Gasteiger partial charge in [0.05, 0.1) is 10.7 Å². The van der Waals surface area contributed by atoms with Gasteiger partial charge < -0.3 is 5.32 Å². The van der Waals surface area contributed by atoms with Crippen LogP contribution in [0.15, 0.2) is 5.38 Å². The summed E-state index contributed by atoms with van der Waals surface area (Å²) in [5, 5.41) is 7.90. The average Bonchev–Trinajstić information content (AvgIpc) is 2.87. The zero-order valence-corrected chi connectivity index (χ0v) is 11.8. The Morgan fingerprint density at radius 3 is 2.94 bits per heavy atom. The summed E-state index contributed by atoms with van der Waals surface area (Å²) >= 11 is 3.75. The van der Waals surface area contributed by atoms with E-state index in [1.165, 1.54) is 25.0 Å². The van der Waals surface area contributed by atoms with Crippen molar-refractivity contribution < 1.29 is 0 Å². The number of nitrogens with zero attached hydrogens (tertiary/aromatic N) is 1. The van der Waals surface area contributed by atoms with Crippen LogP contribution >= 0.6 is 23.1 Å². The van der Waals surface area contributed by atoms with E-state index in [0.717, 1.165) is 10.3 Å². The quantitative estimate of drug-likeness (QED) is 0.894. The fourth-order valence-corrected chi connectivity index (χ4v) is 3.83. The highest BCUT2D eigenvalue weighted by Gasteiger charge is 2.25. The third-order valence-electron chi connectivity index (χ3n) is 3.28. The fraction of sp³-hybridized carbons (Fsp3) is 0.750. The molecule has 2 nitrogen and oxygen atoms in total. The Labute approximate surface area is 106 Å². The van der Waals surface area contributed by atoms with Gasteiger partial charge in [-0.05, 0) is 39.4 Å². The second-order valence-electron chi connectivity index (χ2n) is 4.55. The molecule has 1 fully saturated rings. The summed E-state index contributed by atoms with van der Waals surface area (Å²) in [5.41, 5.74) is 1.20. The highest BCUT2D eigenvalue weighted by atomic mass is 32.2. The molecule has 3 atom stereocenters. The molecule has 1 aliphatic carbocycles. The molecule has 16 heavy (non-hydrogen) atoms. The van der Waals surface area contributed by atoms with Crippen LogP contribution in [0.5, 0.6) is 0 Å². The highest BCUT2D eigenvalue weighted by Crippen LogP contribution is 2.29. The molecule has 1 saturated carbocycles. The van der Waals surface area contributed by atoms with E-state index in [-0.39, 0.29) is 0 Å². The van der Waals surface area contributed by atoms with E-state index in [1.807, 2.05) is 11.8 Å². The molecule has 4 heteroatoms. The summed E-state index contributed by atoms with van der Waals surface area (Å²) in [6, 6.07) is 1.09. The minimum absolute atomic E-state index is 0.399.